The number of nitrogens with zero attached hydrogens (tertiary/aromatic N) is 4. The fourth-order valence-corrected chi connectivity index (χ4v) is 3.37. The number of likely N-dealkylation sites (N-methyl/N-ethyl adjacent to an activating group) is 1. The van der Waals surface area contributed by atoms with Gasteiger partial charge in [-0.05, 0) is 32.6 Å². The summed E-state index contributed by atoms with van der Waals surface area (Å²) in [6.45, 7) is 3.84. The SMILES string of the molecule is Cc1nsc(N2CCCC(N(C)C(=O)C3CC3)C2)n1. The number of piperidine rings is 1. The number of aromatic nitrogens is 2. The average Bonchev–Trinajstić information content (AvgIpc) is 3.19. The first-order valence-electron chi connectivity index (χ1n) is 6.97. The van der Waals surface area contributed by atoms with Gasteiger partial charge in [0.25, 0.3) is 0 Å². The van der Waals surface area contributed by atoms with Crippen LogP contribution in [-0.2, 0) is 4.79 Å². The first-order valence-corrected chi connectivity index (χ1v) is 7.74. The second-order valence-electron chi connectivity index (χ2n) is 5.59. The van der Waals surface area contributed by atoms with Gasteiger partial charge in [-0.2, -0.15) is 4.37 Å². The molecule has 1 aromatic rings. The van der Waals surface area contributed by atoms with Crippen molar-refractivity contribution in [1.82, 2.24) is 14.3 Å². The maximum absolute atomic E-state index is 12.1. The van der Waals surface area contributed by atoms with Crippen LogP contribution in [0.5, 0.6) is 0 Å². The topological polar surface area (TPSA) is 49.3 Å². The van der Waals surface area contributed by atoms with Crippen molar-refractivity contribution in [3.63, 3.8) is 0 Å². The molecule has 5 nitrogen and oxygen atoms in total. The van der Waals surface area contributed by atoms with Crippen LogP contribution in [0.3, 0.4) is 0 Å². The average molecular weight is 280 g/mol. The van der Waals surface area contributed by atoms with E-state index < -0.39 is 0 Å². The van der Waals surface area contributed by atoms with E-state index in [2.05, 4.69) is 14.3 Å². The Kier molecular flexibility index (Phi) is 3.43. The molecule has 19 heavy (non-hydrogen) atoms. The third-order valence-electron chi connectivity index (χ3n) is 4.01. The molecule has 1 saturated heterocycles. The van der Waals surface area contributed by atoms with Gasteiger partial charge in [0.2, 0.25) is 11.0 Å². The Hall–Kier alpha value is -1.17. The van der Waals surface area contributed by atoms with E-state index in [0.29, 0.717) is 17.9 Å². The predicted molar refractivity (Wildman–Crippen MR) is 75.4 cm³/mol. The highest BCUT2D eigenvalue weighted by molar-refractivity contribution is 7.09. The Bertz CT molecular complexity index is 471. The molecule has 6 heteroatoms. The fraction of sp³-hybridized carbons (Fsp3) is 0.769. The van der Waals surface area contributed by atoms with Crippen molar-refractivity contribution in [2.75, 3.05) is 25.0 Å². The van der Waals surface area contributed by atoms with Crippen molar-refractivity contribution < 1.29 is 4.79 Å². The van der Waals surface area contributed by atoms with Gasteiger partial charge in [-0.3, -0.25) is 4.79 Å². The van der Waals surface area contributed by atoms with Crippen molar-refractivity contribution in [3.8, 4) is 0 Å². The smallest absolute Gasteiger partial charge is 0.225 e. The number of aryl methyl sites for hydroxylation is 1. The van der Waals surface area contributed by atoms with E-state index in [1.807, 2.05) is 18.9 Å². The number of carbonyl (C=O) groups excluding carboxylic acids is 1. The van der Waals surface area contributed by atoms with Crippen molar-refractivity contribution >= 4 is 22.6 Å². The quantitative estimate of drug-likeness (QED) is 0.845. The largest absolute Gasteiger partial charge is 0.345 e. The molecule has 0 bridgehead atoms. The van der Waals surface area contributed by atoms with Gasteiger partial charge in [-0.1, -0.05) is 0 Å². The monoisotopic (exact) mass is 280 g/mol. The molecule has 1 saturated carbocycles. The molecule has 104 valence electrons. The summed E-state index contributed by atoms with van der Waals surface area (Å²) in [4.78, 5) is 20.8. The first-order chi connectivity index (χ1) is 9.15. The van der Waals surface area contributed by atoms with E-state index in [9.17, 15) is 4.79 Å². The lowest BCUT2D eigenvalue weighted by atomic mass is 10.0. The maximum Gasteiger partial charge on any atom is 0.225 e. The zero-order chi connectivity index (χ0) is 13.4. The molecule has 2 heterocycles. The van der Waals surface area contributed by atoms with Gasteiger partial charge in [-0.25, -0.2) is 4.98 Å². The Morgan fingerprint density at radius 3 is 2.84 bits per heavy atom. The van der Waals surface area contributed by atoms with E-state index >= 15 is 0 Å². The summed E-state index contributed by atoms with van der Waals surface area (Å²) in [5, 5.41) is 0.995. The molecule has 1 aromatic heterocycles. The highest BCUT2D eigenvalue weighted by Crippen LogP contribution is 2.32. The van der Waals surface area contributed by atoms with Crippen LogP contribution in [0.4, 0.5) is 5.13 Å². The van der Waals surface area contributed by atoms with Gasteiger partial charge >= 0.3 is 0 Å². The number of hydrogen-bond donors (Lipinski definition) is 0. The molecule has 3 rings (SSSR count). The second-order valence-corrected chi connectivity index (χ2v) is 6.32. The van der Waals surface area contributed by atoms with Crippen LogP contribution in [-0.4, -0.2) is 46.3 Å². The third-order valence-corrected chi connectivity index (χ3v) is 4.87. The molecule has 2 fully saturated rings. The van der Waals surface area contributed by atoms with Crippen LogP contribution in [0.15, 0.2) is 0 Å². The zero-order valence-electron chi connectivity index (χ0n) is 11.5. The van der Waals surface area contributed by atoms with Gasteiger partial charge in [0.1, 0.15) is 5.82 Å². The molecule has 0 N–H and O–H groups in total. The van der Waals surface area contributed by atoms with E-state index in [0.717, 1.165) is 49.7 Å². The van der Waals surface area contributed by atoms with Gasteiger partial charge in [-0.15, -0.1) is 0 Å². The Balaban J connectivity index is 1.65. The van der Waals surface area contributed by atoms with Crippen LogP contribution in [0.1, 0.15) is 31.5 Å². The van der Waals surface area contributed by atoms with Crippen LogP contribution >= 0.6 is 11.5 Å². The molecule has 0 radical (unpaired) electrons. The van der Waals surface area contributed by atoms with Gasteiger partial charge in [0.15, 0.2) is 0 Å². The van der Waals surface area contributed by atoms with Gasteiger partial charge in [0, 0.05) is 43.6 Å². The Morgan fingerprint density at radius 1 is 1.42 bits per heavy atom. The fourth-order valence-electron chi connectivity index (χ4n) is 2.66. The minimum atomic E-state index is 0.309. The van der Waals surface area contributed by atoms with E-state index in [1.54, 1.807) is 0 Å². The molecule has 1 atom stereocenters. The second kappa shape index (κ2) is 5.07. The number of carbonyl (C=O) groups is 1. The lowest BCUT2D eigenvalue weighted by Crippen LogP contribution is -2.49. The molecule has 2 aliphatic rings. The lowest BCUT2D eigenvalue weighted by Gasteiger charge is -2.37. The Morgan fingerprint density at radius 2 is 2.21 bits per heavy atom. The highest BCUT2D eigenvalue weighted by Gasteiger charge is 2.36. The van der Waals surface area contributed by atoms with Gasteiger partial charge in [0.05, 0.1) is 0 Å². The van der Waals surface area contributed by atoms with E-state index in [-0.39, 0.29) is 0 Å². The lowest BCUT2D eigenvalue weighted by molar-refractivity contribution is -0.133. The maximum atomic E-state index is 12.1. The van der Waals surface area contributed by atoms with Crippen molar-refractivity contribution in [1.29, 1.82) is 0 Å². The van der Waals surface area contributed by atoms with E-state index in [4.69, 9.17) is 0 Å². The molecule has 1 aliphatic heterocycles. The molecular weight excluding hydrogens is 260 g/mol. The summed E-state index contributed by atoms with van der Waals surface area (Å²) < 4.78 is 4.24. The van der Waals surface area contributed by atoms with E-state index in [1.165, 1.54) is 11.5 Å². The summed E-state index contributed by atoms with van der Waals surface area (Å²) in [7, 11) is 1.96. The number of rotatable bonds is 3. The standard InChI is InChI=1S/C13H20N4OS/c1-9-14-13(19-15-9)17-7-3-4-11(8-17)16(2)12(18)10-5-6-10/h10-11H,3-8H2,1-2H3. The van der Waals surface area contributed by atoms with Crippen LogP contribution < -0.4 is 4.90 Å². The van der Waals surface area contributed by atoms with Crippen molar-refractivity contribution in [2.45, 2.75) is 38.6 Å². The Labute approximate surface area is 117 Å². The van der Waals surface area contributed by atoms with Crippen LogP contribution in [0, 0.1) is 12.8 Å². The van der Waals surface area contributed by atoms with Crippen molar-refractivity contribution in [3.05, 3.63) is 5.82 Å². The number of amides is 1. The molecule has 1 unspecified atom stereocenters. The first kappa shape index (κ1) is 12.8. The highest BCUT2D eigenvalue weighted by atomic mass is 32.1. The zero-order valence-corrected chi connectivity index (χ0v) is 12.3. The normalized spacial score (nSPS) is 23.5. The van der Waals surface area contributed by atoms with Crippen LogP contribution in [0.2, 0.25) is 0 Å². The molecule has 0 spiro atoms. The summed E-state index contributed by atoms with van der Waals surface area (Å²) >= 11 is 1.46. The summed E-state index contributed by atoms with van der Waals surface area (Å²) in [6.07, 6.45) is 4.37. The molecule has 0 aromatic carbocycles. The summed E-state index contributed by atoms with van der Waals surface area (Å²) in [5.41, 5.74) is 0. The summed E-state index contributed by atoms with van der Waals surface area (Å²) in [5.74, 6) is 1.48. The third kappa shape index (κ3) is 2.73. The van der Waals surface area contributed by atoms with Crippen molar-refractivity contribution in [2.24, 2.45) is 5.92 Å². The van der Waals surface area contributed by atoms with Gasteiger partial charge < -0.3 is 9.80 Å². The minimum Gasteiger partial charge on any atom is -0.345 e. The number of hydrogen-bond acceptors (Lipinski definition) is 5. The molecular formula is C13H20N4OS. The number of anilines is 1. The summed E-state index contributed by atoms with van der Waals surface area (Å²) in [6, 6.07) is 0.325. The minimum absolute atomic E-state index is 0.309. The molecule has 1 aliphatic carbocycles. The molecule has 1 amide bonds. The predicted octanol–water partition coefficient (Wildman–Crippen LogP) is 1.68. The van der Waals surface area contributed by atoms with Crippen LogP contribution in [0.25, 0.3) is 0 Å².